The van der Waals surface area contributed by atoms with E-state index < -0.39 is 5.97 Å². The summed E-state index contributed by atoms with van der Waals surface area (Å²) < 4.78 is 16.7. The van der Waals surface area contributed by atoms with Crippen molar-refractivity contribution in [1.29, 1.82) is 0 Å². The molecule has 0 aliphatic carbocycles. The summed E-state index contributed by atoms with van der Waals surface area (Å²) in [6, 6.07) is 7.45. The normalized spacial score (nSPS) is 10.6. The predicted molar refractivity (Wildman–Crippen MR) is 94.4 cm³/mol. The number of methoxy groups -OCH3 is 1. The number of esters is 1. The van der Waals surface area contributed by atoms with Crippen molar-refractivity contribution < 1.29 is 18.7 Å². The van der Waals surface area contributed by atoms with Gasteiger partial charge in [-0.25, -0.2) is 9.78 Å². The van der Waals surface area contributed by atoms with E-state index in [1.807, 2.05) is 23.6 Å². The molecule has 2 heterocycles. The first-order valence-corrected chi connectivity index (χ1v) is 8.75. The van der Waals surface area contributed by atoms with Crippen LogP contribution < -0.4 is 4.74 Å². The second-order valence-electron chi connectivity index (χ2n) is 5.00. The van der Waals surface area contributed by atoms with Gasteiger partial charge in [0, 0.05) is 15.4 Å². The number of benzene rings is 1. The Hall–Kier alpha value is -2.12. The zero-order valence-corrected chi connectivity index (χ0v) is 15.4. The molecule has 0 radical (unpaired) electrons. The molecule has 0 saturated carbocycles. The van der Waals surface area contributed by atoms with Crippen molar-refractivity contribution in [2.24, 2.45) is 0 Å². The molecule has 0 saturated heterocycles. The molecule has 0 N–H and O–H groups in total. The van der Waals surface area contributed by atoms with Crippen LogP contribution in [0.25, 0.3) is 10.6 Å². The third-order valence-corrected chi connectivity index (χ3v) is 4.76. The Kier molecular flexibility index (Phi) is 5.01. The molecule has 2 aromatic heterocycles. The van der Waals surface area contributed by atoms with Gasteiger partial charge in [-0.3, -0.25) is 0 Å². The molecular weight excluding hydrogens is 394 g/mol. The minimum atomic E-state index is -0.493. The molecule has 0 atom stereocenters. The highest BCUT2D eigenvalue weighted by molar-refractivity contribution is 9.10. The number of carbonyl (C=O) groups excluding carboxylic acids is 1. The van der Waals surface area contributed by atoms with E-state index in [1.54, 1.807) is 20.1 Å². The lowest BCUT2D eigenvalue weighted by atomic mass is 10.2. The van der Waals surface area contributed by atoms with Crippen LogP contribution in [0.5, 0.6) is 5.75 Å². The second-order valence-corrected chi connectivity index (χ2v) is 6.77. The van der Waals surface area contributed by atoms with Gasteiger partial charge in [0.25, 0.3) is 0 Å². The van der Waals surface area contributed by atoms with Crippen LogP contribution in [0.2, 0.25) is 0 Å². The van der Waals surface area contributed by atoms with Crippen molar-refractivity contribution in [3.05, 3.63) is 57.4 Å². The largest absolute Gasteiger partial charge is 0.496 e. The van der Waals surface area contributed by atoms with E-state index in [4.69, 9.17) is 13.9 Å². The van der Waals surface area contributed by atoms with Crippen molar-refractivity contribution in [2.45, 2.75) is 13.5 Å². The van der Waals surface area contributed by atoms with Crippen LogP contribution in [0.15, 0.2) is 44.8 Å². The maximum absolute atomic E-state index is 12.0. The molecule has 0 fully saturated rings. The summed E-state index contributed by atoms with van der Waals surface area (Å²) in [6.07, 6.45) is 1.46. The van der Waals surface area contributed by atoms with Crippen LogP contribution in [0.4, 0.5) is 0 Å². The molecule has 1 aromatic carbocycles. The first-order valence-electron chi connectivity index (χ1n) is 7.08. The average Bonchev–Trinajstić information content (AvgIpc) is 3.21. The number of thiazole rings is 1. The van der Waals surface area contributed by atoms with Gasteiger partial charge in [0.15, 0.2) is 0 Å². The molecule has 0 unspecified atom stereocenters. The van der Waals surface area contributed by atoms with E-state index in [0.717, 1.165) is 26.4 Å². The summed E-state index contributed by atoms with van der Waals surface area (Å²) >= 11 is 4.92. The lowest BCUT2D eigenvalue weighted by molar-refractivity contribution is 0.0431. The summed E-state index contributed by atoms with van der Waals surface area (Å²) in [5, 5.41) is 2.66. The van der Waals surface area contributed by atoms with Crippen molar-refractivity contribution >= 4 is 33.2 Å². The Morgan fingerprint density at radius 2 is 2.21 bits per heavy atom. The number of hydrogen-bond acceptors (Lipinski definition) is 6. The van der Waals surface area contributed by atoms with Crippen LogP contribution in [0.3, 0.4) is 0 Å². The van der Waals surface area contributed by atoms with Crippen LogP contribution in [0.1, 0.15) is 21.8 Å². The number of halogens is 1. The Morgan fingerprint density at radius 1 is 1.38 bits per heavy atom. The summed E-state index contributed by atoms with van der Waals surface area (Å²) in [5.74, 6) is 0.466. The molecule has 0 spiro atoms. The fraction of sp³-hybridized carbons (Fsp3) is 0.176. The molecule has 3 aromatic rings. The highest BCUT2D eigenvalue weighted by Gasteiger charge is 2.16. The van der Waals surface area contributed by atoms with Crippen molar-refractivity contribution in [2.75, 3.05) is 7.11 Å². The Balaban J connectivity index is 1.73. The monoisotopic (exact) mass is 407 g/mol. The molecular formula is C17H14BrNO4S. The van der Waals surface area contributed by atoms with E-state index in [1.165, 1.54) is 17.6 Å². The standard InChI is InChI=1S/C17H14BrNO4S/c1-10-5-6-22-15(10)17(20)23-8-12-9-24-16(19-12)13-7-11(18)3-4-14(13)21-2/h3-7,9H,8H2,1-2H3. The van der Waals surface area contributed by atoms with Gasteiger partial charge in [0.1, 0.15) is 17.4 Å². The first-order chi connectivity index (χ1) is 11.6. The smallest absolute Gasteiger partial charge is 0.374 e. The van der Waals surface area contributed by atoms with E-state index in [0.29, 0.717) is 5.69 Å². The average molecular weight is 408 g/mol. The van der Waals surface area contributed by atoms with Gasteiger partial charge in [0.05, 0.1) is 24.6 Å². The summed E-state index contributed by atoms with van der Waals surface area (Å²) in [7, 11) is 1.62. The maximum atomic E-state index is 12.0. The topological polar surface area (TPSA) is 61.6 Å². The van der Waals surface area contributed by atoms with Gasteiger partial charge in [-0.05, 0) is 31.2 Å². The molecule has 0 aliphatic rings. The Bertz CT molecular complexity index is 871. The number of carbonyl (C=O) groups is 1. The van der Waals surface area contributed by atoms with E-state index in [2.05, 4.69) is 20.9 Å². The fourth-order valence-corrected chi connectivity index (χ4v) is 3.32. The second kappa shape index (κ2) is 7.19. The third-order valence-electron chi connectivity index (χ3n) is 3.34. The molecule has 7 heteroatoms. The van der Waals surface area contributed by atoms with Crippen molar-refractivity contribution in [1.82, 2.24) is 4.98 Å². The molecule has 124 valence electrons. The number of rotatable bonds is 5. The van der Waals surface area contributed by atoms with E-state index in [-0.39, 0.29) is 12.4 Å². The molecule has 5 nitrogen and oxygen atoms in total. The minimum absolute atomic E-state index is 0.0891. The highest BCUT2D eigenvalue weighted by atomic mass is 79.9. The number of aryl methyl sites for hydroxylation is 1. The summed E-state index contributed by atoms with van der Waals surface area (Å²) in [4.78, 5) is 16.5. The van der Waals surface area contributed by atoms with Gasteiger partial charge in [-0.15, -0.1) is 11.3 Å². The quantitative estimate of drug-likeness (QED) is 0.566. The number of hydrogen-bond donors (Lipinski definition) is 0. The minimum Gasteiger partial charge on any atom is -0.496 e. The molecule has 0 aliphatic heterocycles. The number of furan rings is 1. The van der Waals surface area contributed by atoms with Crippen LogP contribution in [0, 0.1) is 6.92 Å². The van der Waals surface area contributed by atoms with Crippen LogP contribution in [-0.4, -0.2) is 18.1 Å². The van der Waals surface area contributed by atoms with Gasteiger partial charge in [-0.2, -0.15) is 0 Å². The Morgan fingerprint density at radius 3 is 2.92 bits per heavy atom. The summed E-state index contributed by atoms with van der Waals surface area (Å²) in [6.45, 7) is 1.88. The SMILES string of the molecule is COc1ccc(Br)cc1-c1nc(COC(=O)c2occc2C)cs1. The predicted octanol–water partition coefficient (Wildman–Crippen LogP) is 4.84. The molecule has 24 heavy (non-hydrogen) atoms. The van der Waals surface area contributed by atoms with Crippen LogP contribution >= 0.6 is 27.3 Å². The molecule has 0 bridgehead atoms. The number of nitrogens with zero attached hydrogens (tertiary/aromatic N) is 1. The lowest BCUT2D eigenvalue weighted by Gasteiger charge is -2.06. The van der Waals surface area contributed by atoms with Gasteiger partial charge in [-0.1, -0.05) is 15.9 Å². The first kappa shape index (κ1) is 16.7. The van der Waals surface area contributed by atoms with Gasteiger partial charge >= 0.3 is 5.97 Å². The number of aromatic nitrogens is 1. The summed E-state index contributed by atoms with van der Waals surface area (Å²) in [5.41, 5.74) is 2.31. The highest BCUT2D eigenvalue weighted by Crippen LogP contribution is 2.34. The van der Waals surface area contributed by atoms with E-state index in [9.17, 15) is 4.79 Å². The maximum Gasteiger partial charge on any atom is 0.374 e. The van der Waals surface area contributed by atoms with Crippen LogP contribution in [-0.2, 0) is 11.3 Å². The van der Waals surface area contributed by atoms with E-state index >= 15 is 0 Å². The zero-order valence-electron chi connectivity index (χ0n) is 13.0. The van der Waals surface area contributed by atoms with Crippen molar-refractivity contribution in [3.8, 4) is 16.3 Å². The lowest BCUT2D eigenvalue weighted by Crippen LogP contribution is -2.05. The van der Waals surface area contributed by atoms with Gasteiger partial charge in [0.2, 0.25) is 5.76 Å². The molecule has 3 rings (SSSR count). The van der Waals surface area contributed by atoms with Crippen molar-refractivity contribution in [3.63, 3.8) is 0 Å². The van der Waals surface area contributed by atoms with Gasteiger partial charge < -0.3 is 13.9 Å². The molecule has 0 amide bonds. The zero-order chi connectivity index (χ0) is 17.1. The third kappa shape index (κ3) is 3.52. The fourth-order valence-electron chi connectivity index (χ4n) is 2.13. The number of ether oxygens (including phenoxy) is 2. The Labute approximate surface area is 151 Å².